The molecule has 0 heterocycles. The van der Waals surface area contributed by atoms with E-state index in [1.165, 1.54) is 12.1 Å². The molecule has 0 aliphatic rings. The van der Waals surface area contributed by atoms with E-state index >= 15 is 0 Å². The lowest BCUT2D eigenvalue weighted by Crippen LogP contribution is -2.15. The molecule has 136 valence electrons. The Morgan fingerprint density at radius 2 is 1.16 bits per heavy atom. The lowest BCUT2D eigenvalue weighted by atomic mass is 10.3. The summed E-state index contributed by atoms with van der Waals surface area (Å²) >= 11 is 11.2. The summed E-state index contributed by atoms with van der Waals surface area (Å²) in [6.07, 6.45) is 0. The average Bonchev–Trinajstić information content (AvgIpc) is 2.44. The molecule has 0 spiro atoms. The molecule has 2 N–H and O–H groups in total. The maximum atomic E-state index is 12.7. The SMILES string of the molecule is O=S(=O)(O)c1c(Cl)ccc(S(=O)(=O)c2ccc(Cl)cc2)c1S(=O)(=O)O. The van der Waals surface area contributed by atoms with Crippen LogP contribution in [-0.2, 0) is 30.1 Å². The minimum Gasteiger partial charge on any atom is -0.282 e. The van der Waals surface area contributed by atoms with Gasteiger partial charge in [-0.1, -0.05) is 23.2 Å². The molecule has 2 aromatic carbocycles. The minimum atomic E-state index is -5.40. The van der Waals surface area contributed by atoms with E-state index in [2.05, 4.69) is 0 Å². The maximum Gasteiger partial charge on any atom is 0.297 e. The van der Waals surface area contributed by atoms with Crippen molar-refractivity contribution in [1.82, 2.24) is 0 Å². The first-order valence-corrected chi connectivity index (χ1v) is 11.2. The Morgan fingerprint density at radius 1 is 0.680 bits per heavy atom. The fourth-order valence-corrected chi connectivity index (χ4v) is 6.60. The first-order valence-electron chi connectivity index (χ1n) is 6.04. The van der Waals surface area contributed by atoms with Crippen LogP contribution in [0.5, 0.6) is 0 Å². The molecule has 2 aromatic rings. The van der Waals surface area contributed by atoms with Gasteiger partial charge in [0.1, 0.15) is 9.79 Å². The van der Waals surface area contributed by atoms with E-state index in [0.717, 1.165) is 18.2 Å². The molecule has 0 fully saturated rings. The van der Waals surface area contributed by atoms with Gasteiger partial charge in [-0.15, -0.1) is 0 Å². The van der Waals surface area contributed by atoms with Crippen LogP contribution in [0, 0.1) is 0 Å². The standard InChI is InChI=1S/C12H8Cl2O8S3/c13-7-1-3-8(4-2-7)23(15,16)10-6-5-9(14)11(24(17,18)19)12(10)25(20,21)22/h1-6H,(H,17,18,19)(H,20,21,22). The molecule has 0 saturated carbocycles. The summed E-state index contributed by atoms with van der Waals surface area (Å²) in [7, 11) is -15.3. The molecule has 0 aliphatic heterocycles. The molecule has 0 bridgehead atoms. The number of hydrogen-bond donors (Lipinski definition) is 2. The van der Waals surface area contributed by atoms with Crippen LogP contribution < -0.4 is 0 Å². The number of sulfone groups is 1. The van der Waals surface area contributed by atoms with Crippen LogP contribution in [-0.4, -0.2) is 34.4 Å². The van der Waals surface area contributed by atoms with Crippen molar-refractivity contribution in [2.45, 2.75) is 19.6 Å². The molecule has 13 heteroatoms. The normalized spacial score (nSPS) is 13.0. The van der Waals surface area contributed by atoms with Crippen LogP contribution >= 0.6 is 23.2 Å². The van der Waals surface area contributed by atoms with Gasteiger partial charge in [-0.05, 0) is 36.4 Å². The highest BCUT2D eigenvalue weighted by molar-refractivity contribution is 7.93. The van der Waals surface area contributed by atoms with Gasteiger partial charge < -0.3 is 0 Å². The van der Waals surface area contributed by atoms with Crippen molar-refractivity contribution in [2.75, 3.05) is 0 Å². The van der Waals surface area contributed by atoms with Crippen molar-refractivity contribution in [3.63, 3.8) is 0 Å². The molecule has 2 rings (SSSR count). The number of hydrogen-bond acceptors (Lipinski definition) is 6. The van der Waals surface area contributed by atoms with E-state index in [1.54, 1.807) is 0 Å². The predicted molar refractivity (Wildman–Crippen MR) is 88.0 cm³/mol. The average molecular weight is 447 g/mol. The van der Waals surface area contributed by atoms with E-state index < -0.39 is 54.7 Å². The Kier molecular flexibility index (Phi) is 5.23. The first-order chi connectivity index (χ1) is 11.3. The Hall–Kier alpha value is -1.21. The summed E-state index contributed by atoms with van der Waals surface area (Å²) in [6, 6.07) is 5.98. The zero-order valence-corrected chi connectivity index (χ0v) is 15.8. The largest absolute Gasteiger partial charge is 0.297 e. The van der Waals surface area contributed by atoms with E-state index in [4.69, 9.17) is 23.2 Å². The Balaban J connectivity index is 2.99. The maximum absolute atomic E-state index is 12.7. The molecular weight excluding hydrogens is 439 g/mol. The molecule has 0 amide bonds. The topological polar surface area (TPSA) is 143 Å². The predicted octanol–water partition coefficient (Wildman–Crippen LogP) is 2.32. The number of benzene rings is 2. The van der Waals surface area contributed by atoms with Crippen molar-refractivity contribution >= 4 is 53.3 Å². The van der Waals surface area contributed by atoms with Crippen molar-refractivity contribution in [3.05, 3.63) is 46.4 Å². The molecule has 0 aromatic heterocycles. The summed E-state index contributed by atoms with van der Waals surface area (Å²) in [5.41, 5.74) is 0. The number of halogens is 2. The first kappa shape index (κ1) is 20.1. The highest BCUT2D eigenvalue weighted by Gasteiger charge is 2.35. The second kappa shape index (κ2) is 6.50. The molecule has 8 nitrogen and oxygen atoms in total. The zero-order valence-electron chi connectivity index (χ0n) is 11.8. The smallest absolute Gasteiger partial charge is 0.282 e. The summed E-state index contributed by atoms with van der Waals surface area (Å²) < 4.78 is 90.1. The van der Waals surface area contributed by atoms with Gasteiger partial charge in [-0.25, -0.2) is 8.42 Å². The second-order valence-electron chi connectivity index (χ2n) is 4.61. The van der Waals surface area contributed by atoms with Crippen LogP contribution in [0.25, 0.3) is 0 Å². The highest BCUT2D eigenvalue weighted by Crippen LogP contribution is 2.36. The van der Waals surface area contributed by atoms with Crippen LogP contribution in [0.2, 0.25) is 10.0 Å². The lowest BCUT2D eigenvalue weighted by molar-refractivity contribution is 0.463. The third kappa shape index (κ3) is 3.97. The Labute approximate surface area is 153 Å². The van der Waals surface area contributed by atoms with Crippen molar-refractivity contribution in [2.24, 2.45) is 0 Å². The van der Waals surface area contributed by atoms with Gasteiger partial charge in [0, 0.05) is 5.02 Å². The summed E-state index contributed by atoms with van der Waals surface area (Å²) in [6.45, 7) is 0. The fraction of sp³-hybridized carbons (Fsp3) is 0. The monoisotopic (exact) mass is 446 g/mol. The number of rotatable bonds is 4. The van der Waals surface area contributed by atoms with Crippen LogP contribution in [0.3, 0.4) is 0 Å². The van der Waals surface area contributed by atoms with Crippen molar-refractivity contribution in [1.29, 1.82) is 0 Å². The molecule has 0 atom stereocenters. The van der Waals surface area contributed by atoms with Gasteiger partial charge in [0.2, 0.25) is 9.84 Å². The van der Waals surface area contributed by atoms with Crippen LogP contribution in [0.4, 0.5) is 0 Å². The molecule has 25 heavy (non-hydrogen) atoms. The van der Waals surface area contributed by atoms with Gasteiger partial charge >= 0.3 is 0 Å². The van der Waals surface area contributed by atoms with Gasteiger partial charge in [-0.3, -0.25) is 9.11 Å². The summed E-state index contributed by atoms with van der Waals surface area (Å²) in [5, 5.41) is -0.589. The van der Waals surface area contributed by atoms with E-state index in [9.17, 15) is 34.4 Å². The highest BCUT2D eigenvalue weighted by atomic mass is 35.5. The van der Waals surface area contributed by atoms with Crippen LogP contribution in [0.1, 0.15) is 0 Å². The van der Waals surface area contributed by atoms with E-state index in [1.807, 2.05) is 0 Å². The van der Waals surface area contributed by atoms with E-state index in [-0.39, 0.29) is 5.02 Å². The third-order valence-corrected chi connectivity index (χ3v) is 7.59. The van der Waals surface area contributed by atoms with Crippen molar-refractivity contribution < 1.29 is 34.4 Å². The summed E-state index contributed by atoms with van der Waals surface area (Å²) in [4.78, 5) is -4.48. The van der Waals surface area contributed by atoms with E-state index in [0.29, 0.717) is 6.07 Å². The lowest BCUT2D eigenvalue weighted by Gasteiger charge is -2.13. The van der Waals surface area contributed by atoms with Gasteiger partial charge in [0.15, 0.2) is 0 Å². The second-order valence-corrected chi connectivity index (χ2v) is 10.1. The molecule has 0 unspecified atom stereocenters. The molecule has 0 radical (unpaired) electrons. The minimum absolute atomic E-state index is 0.198. The van der Waals surface area contributed by atoms with Gasteiger partial charge in [0.25, 0.3) is 20.2 Å². The quantitative estimate of drug-likeness (QED) is 0.680. The fourth-order valence-electron chi connectivity index (χ4n) is 1.96. The molecular formula is C12H8Cl2O8S3. The third-order valence-electron chi connectivity index (χ3n) is 2.96. The van der Waals surface area contributed by atoms with Crippen molar-refractivity contribution in [3.8, 4) is 0 Å². The zero-order chi connectivity index (χ0) is 19.2. The van der Waals surface area contributed by atoms with Crippen LogP contribution in [0.15, 0.2) is 56.0 Å². The molecule has 0 aliphatic carbocycles. The summed E-state index contributed by atoms with van der Waals surface area (Å²) in [5.74, 6) is 0. The Morgan fingerprint density at radius 3 is 1.60 bits per heavy atom. The van der Waals surface area contributed by atoms with Gasteiger partial charge in [0.05, 0.1) is 14.8 Å². The molecule has 0 saturated heterocycles. The Bertz CT molecular complexity index is 1150. The van der Waals surface area contributed by atoms with Gasteiger partial charge in [-0.2, -0.15) is 16.8 Å².